The van der Waals surface area contributed by atoms with Crippen LogP contribution in [0.5, 0.6) is 0 Å². The van der Waals surface area contributed by atoms with Crippen molar-refractivity contribution in [2.75, 3.05) is 18.1 Å². The fourth-order valence-electron chi connectivity index (χ4n) is 1.77. The summed E-state index contributed by atoms with van der Waals surface area (Å²) in [6, 6.07) is 5.18. The van der Waals surface area contributed by atoms with Crippen LogP contribution in [-0.2, 0) is 20.2 Å². The molecule has 0 aromatic heterocycles. The number of benzene rings is 1. The zero-order valence-electron chi connectivity index (χ0n) is 11.7. The number of hydrogen-bond acceptors (Lipinski definition) is 4. The number of nitrogens with one attached hydrogen (secondary N) is 1. The summed E-state index contributed by atoms with van der Waals surface area (Å²) in [5.74, 6) is -2.45. The molecule has 0 saturated heterocycles. The number of carbonyl (C=O) groups is 1. The lowest BCUT2D eigenvalue weighted by atomic mass is 9.94. The van der Waals surface area contributed by atoms with Crippen molar-refractivity contribution in [3.05, 3.63) is 33.8 Å². The number of hydrogen-bond donors (Lipinski definition) is 2. The van der Waals surface area contributed by atoms with E-state index in [4.69, 9.17) is 28.3 Å². The van der Waals surface area contributed by atoms with Crippen LogP contribution in [0.3, 0.4) is 0 Å². The summed E-state index contributed by atoms with van der Waals surface area (Å²) in [5.41, 5.74) is 0.333. The van der Waals surface area contributed by atoms with Gasteiger partial charge in [0, 0.05) is 12.1 Å². The lowest BCUT2D eigenvalue weighted by molar-refractivity contribution is -0.134. The second-order valence-electron chi connectivity index (χ2n) is 5.17. The van der Waals surface area contributed by atoms with Crippen molar-refractivity contribution in [2.45, 2.75) is 19.4 Å². The Morgan fingerprint density at radius 3 is 2.43 bits per heavy atom. The quantitative estimate of drug-likeness (QED) is 0.785. The van der Waals surface area contributed by atoms with Crippen molar-refractivity contribution >= 4 is 39.0 Å². The summed E-state index contributed by atoms with van der Waals surface area (Å²) in [6.45, 7) is 3.88. The van der Waals surface area contributed by atoms with Crippen LogP contribution in [-0.4, -0.2) is 37.5 Å². The van der Waals surface area contributed by atoms with Crippen LogP contribution >= 0.6 is 23.2 Å². The van der Waals surface area contributed by atoms with Gasteiger partial charge in [0.25, 0.3) is 0 Å². The molecule has 1 aromatic carbocycles. The average Bonchev–Trinajstić information content (AvgIpc) is 2.30. The van der Waals surface area contributed by atoms with Gasteiger partial charge in [-0.15, -0.1) is 0 Å². The molecule has 0 saturated carbocycles. The van der Waals surface area contributed by atoms with E-state index in [-0.39, 0.29) is 12.3 Å². The van der Waals surface area contributed by atoms with Gasteiger partial charge in [-0.05, 0) is 31.5 Å². The number of rotatable bonds is 7. The second-order valence-corrected chi connectivity index (χ2v) is 8.16. The summed E-state index contributed by atoms with van der Waals surface area (Å²) < 4.78 is 23.0. The standard InChI is InChI=1S/C13H17Cl2NO4S/c1-13(2,9-3-4-10(14)11(15)7-9)16-5-6-21(19,20)8-12(17)18/h3-4,7,16H,5-6,8H2,1-2H3,(H,17,18). The summed E-state index contributed by atoms with van der Waals surface area (Å²) >= 11 is 11.8. The van der Waals surface area contributed by atoms with Crippen molar-refractivity contribution in [3.63, 3.8) is 0 Å². The lowest BCUT2D eigenvalue weighted by Gasteiger charge is -2.27. The van der Waals surface area contributed by atoms with Gasteiger partial charge in [0.2, 0.25) is 0 Å². The molecule has 0 heterocycles. The van der Waals surface area contributed by atoms with Gasteiger partial charge in [-0.25, -0.2) is 8.42 Å². The number of carboxylic acids is 1. The van der Waals surface area contributed by atoms with Gasteiger partial charge in [0.15, 0.2) is 9.84 Å². The molecule has 0 spiro atoms. The third kappa shape index (κ3) is 5.82. The monoisotopic (exact) mass is 353 g/mol. The van der Waals surface area contributed by atoms with Crippen LogP contribution in [0.15, 0.2) is 18.2 Å². The number of sulfone groups is 1. The van der Waals surface area contributed by atoms with Crippen molar-refractivity contribution in [1.82, 2.24) is 5.32 Å². The highest BCUT2D eigenvalue weighted by molar-refractivity contribution is 7.92. The van der Waals surface area contributed by atoms with Crippen LogP contribution in [0.1, 0.15) is 19.4 Å². The van der Waals surface area contributed by atoms with Gasteiger partial charge in [-0.1, -0.05) is 29.3 Å². The molecule has 118 valence electrons. The summed E-state index contributed by atoms with van der Waals surface area (Å²) in [5, 5.41) is 12.5. The molecule has 0 bridgehead atoms. The molecular formula is C13H17Cl2NO4S. The highest BCUT2D eigenvalue weighted by Gasteiger charge is 2.22. The van der Waals surface area contributed by atoms with Crippen LogP contribution in [0.4, 0.5) is 0 Å². The number of halogens is 2. The minimum absolute atomic E-state index is 0.142. The highest BCUT2D eigenvalue weighted by Crippen LogP contribution is 2.28. The Morgan fingerprint density at radius 2 is 1.90 bits per heavy atom. The molecule has 0 aliphatic carbocycles. The fraction of sp³-hybridized carbons (Fsp3) is 0.462. The van der Waals surface area contributed by atoms with Crippen molar-refractivity contribution < 1.29 is 18.3 Å². The molecule has 5 nitrogen and oxygen atoms in total. The lowest BCUT2D eigenvalue weighted by Crippen LogP contribution is -2.40. The van der Waals surface area contributed by atoms with Gasteiger partial charge in [0.05, 0.1) is 15.8 Å². The zero-order chi connectivity index (χ0) is 16.3. The van der Waals surface area contributed by atoms with Gasteiger partial charge in [-0.3, -0.25) is 4.79 Å². The normalized spacial score (nSPS) is 12.4. The van der Waals surface area contributed by atoms with Crippen LogP contribution < -0.4 is 5.32 Å². The Kier molecular flexibility index (Phi) is 6.04. The molecule has 0 atom stereocenters. The Morgan fingerprint density at radius 1 is 1.29 bits per heavy atom. The second kappa shape index (κ2) is 6.96. The van der Waals surface area contributed by atoms with E-state index in [0.29, 0.717) is 10.0 Å². The molecule has 1 aromatic rings. The largest absolute Gasteiger partial charge is 0.480 e. The maximum Gasteiger partial charge on any atom is 0.318 e. The minimum Gasteiger partial charge on any atom is -0.480 e. The van der Waals surface area contributed by atoms with Crippen molar-refractivity contribution in [2.24, 2.45) is 0 Å². The molecule has 0 radical (unpaired) electrons. The SMILES string of the molecule is CC(C)(NCCS(=O)(=O)CC(=O)O)c1ccc(Cl)c(Cl)c1. The van der Waals surface area contributed by atoms with E-state index in [0.717, 1.165) is 5.56 Å². The van der Waals surface area contributed by atoms with E-state index >= 15 is 0 Å². The van der Waals surface area contributed by atoms with E-state index in [1.54, 1.807) is 18.2 Å². The fourth-order valence-corrected chi connectivity index (χ4v) is 3.00. The summed E-state index contributed by atoms with van der Waals surface area (Å²) in [6.07, 6.45) is 0. The third-order valence-corrected chi connectivity index (χ3v) is 5.22. The molecule has 0 fully saturated rings. The van der Waals surface area contributed by atoms with Gasteiger partial charge in [0.1, 0.15) is 5.75 Å². The Labute approximate surface area is 134 Å². The highest BCUT2D eigenvalue weighted by atomic mass is 35.5. The molecule has 0 amide bonds. The number of aliphatic carboxylic acids is 1. The summed E-state index contributed by atoms with van der Waals surface area (Å²) in [4.78, 5) is 10.4. The predicted octanol–water partition coefficient (Wildman–Crippen LogP) is 2.32. The first-order valence-electron chi connectivity index (χ1n) is 6.16. The topological polar surface area (TPSA) is 83.5 Å². The molecule has 0 aliphatic heterocycles. The van der Waals surface area contributed by atoms with E-state index in [1.165, 1.54) is 0 Å². The Balaban J connectivity index is 2.69. The summed E-state index contributed by atoms with van der Waals surface area (Å²) in [7, 11) is -3.61. The van der Waals surface area contributed by atoms with Gasteiger partial charge in [-0.2, -0.15) is 0 Å². The number of carboxylic acid groups (broad SMARTS) is 1. The molecule has 2 N–H and O–H groups in total. The molecular weight excluding hydrogens is 337 g/mol. The molecule has 1 rings (SSSR count). The minimum atomic E-state index is -3.61. The van der Waals surface area contributed by atoms with Gasteiger partial charge >= 0.3 is 5.97 Å². The zero-order valence-corrected chi connectivity index (χ0v) is 14.0. The molecule has 0 aliphatic rings. The first-order valence-corrected chi connectivity index (χ1v) is 8.74. The van der Waals surface area contributed by atoms with E-state index in [9.17, 15) is 13.2 Å². The van der Waals surface area contributed by atoms with E-state index < -0.39 is 27.1 Å². The van der Waals surface area contributed by atoms with E-state index in [2.05, 4.69) is 5.32 Å². The van der Waals surface area contributed by atoms with E-state index in [1.807, 2.05) is 13.8 Å². The molecule has 8 heteroatoms. The molecule has 0 unspecified atom stereocenters. The Bertz CT molecular complexity index is 629. The van der Waals surface area contributed by atoms with Gasteiger partial charge < -0.3 is 10.4 Å². The maximum atomic E-state index is 11.5. The van der Waals surface area contributed by atoms with Crippen molar-refractivity contribution in [3.8, 4) is 0 Å². The first-order chi connectivity index (χ1) is 9.53. The smallest absolute Gasteiger partial charge is 0.318 e. The Hall–Kier alpha value is -0.820. The van der Waals surface area contributed by atoms with Crippen LogP contribution in [0.25, 0.3) is 0 Å². The van der Waals surface area contributed by atoms with Crippen molar-refractivity contribution in [1.29, 1.82) is 0 Å². The molecule has 21 heavy (non-hydrogen) atoms. The van der Waals surface area contributed by atoms with Crippen LogP contribution in [0.2, 0.25) is 10.0 Å². The maximum absolute atomic E-state index is 11.5. The third-order valence-electron chi connectivity index (χ3n) is 2.96. The van der Waals surface area contributed by atoms with Crippen LogP contribution in [0, 0.1) is 0 Å². The predicted molar refractivity (Wildman–Crippen MR) is 83.8 cm³/mol. The average molecular weight is 354 g/mol. The first kappa shape index (κ1) is 18.2.